The van der Waals surface area contributed by atoms with Gasteiger partial charge in [-0.25, -0.2) is 0 Å². The Balaban J connectivity index is 1.32. The number of thioether (sulfide) groups is 1. The summed E-state index contributed by atoms with van der Waals surface area (Å²) in [6, 6.07) is 11.8. The minimum Gasteiger partial charge on any atom is -0.492 e. The van der Waals surface area contributed by atoms with Crippen LogP contribution in [0.25, 0.3) is 0 Å². The fraction of sp³-hybridized carbons (Fsp3) is 0.389. The molecule has 23 heavy (non-hydrogen) atoms. The molecule has 2 aromatic rings. The molecule has 0 radical (unpaired) electrons. The molecular formula is C18H21NO3S. The summed E-state index contributed by atoms with van der Waals surface area (Å²) in [6.45, 7) is 1.18. The number of carbonyl (C=O) groups excluding carboxylic acids is 1. The number of furan rings is 1. The van der Waals surface area contributed by atoms with Crippen LogP contribution in [0.2, 0.25) is 0 Å². The topological polar surface area (TPSA) is 51.5 Å². The third-order valence-electron chi connectivity index (χ3n) is 3.84. The van der Waals surface area contributed by atoms with Crippen LogP contribution >= 0.6 is 11.8 Å². The Bertz CT molecular complexity index is 627. The molecule has 122 valence electrons. The van der Waals surface area contributed by atoms with Gasteiger partial charge in [0.1, 0.15) is 18.1 Å². The molecular weight excluding hydrogens is 310 g/mol. The first-order chi connectivity index (χ1) is 11.3. The first-order valence-corrected chi connectivity index (χ1v) is 9.07. The summed E-state index contributed by atoms with van der Waals surface area (Å²) in [7, 11) is 0. The van der Waals surface area contributed by atoms with Crippen LogP contribution in [0.3, 0.4) is 0 Å². The lowest BCUT2D eigenvalue weighted by Crippen LogP contribution is -2.37. The fourth-order valence-electron chi connectivity index (χ4n) is 2.59. The summed E-state index contributed by atoms with van der Waals surface area (Å²) in [4.78, 5) is 12.2. The average Bonchev–Trinajstić information content (AvgIpc) is 3.10. The average molecular weight is 331 g/mol. The Kier molecular flexibility index (Phi) is 5.64. The lowest BCUT2D eigenvalue weighted by molar-refractivity contribution is -0.126. The number of benzene rings is 1. The highest BCUT2D eigenvalue weighted by molar-refractivity contribution is 7.98. The molecule has 2 heterocycles. The quantitative estimate of drug-likeness (QED) is 0.791. The normalized spacial score (nSPS) is 16.4. The summed E-state index contributed by atoms with van der Waals surface area (Å²) >= 11 is 1.82. The van der Waals surface area contributed by atoms with Gasteiger partial charge in [-0.1, -0.05) is 18.2 Å². The molecule has 4 nitrogen and oxygen atoms in total. The standard InChI is InChI=1S/C18H21NO3S/c20-18(15-11-14-5-1-2-7-17(14)22-12-15)19-8-4-10-23-13-16-6-3-9-21-16/h1-3,5-7,9,15H,4,8,10-13H2,(H,19,20). The summed E-state index contributed by atoms with van der Waals surface area (Å²) < 4.78 is 10.9. The van der Waals surface area contributed by atoms with Crippen molar-refractivity contribution < 1.29 is 13.9 Å². The van der Waals surface area contributed by atoms with Crippen molar-refractivity contribution in [1.82, 2.24) is 5.32 Å². The predicted molar refractivity (Wildman–Crippen MR) is 91.6 cm³/mol. The van der Waals surface area contributed by atoms with Crippen LogP contribution in [0.1, 0.15) is 17.7 Å². The summed E-state index contributed by atoms with van der Waals surface area (Å²) in [5.41, 5.74) is 1.12. The van der Waals surface area contributed by atoms with E-state index >= 15 is 0 Å². The molecule has 1 atom stereocenters. The van der Waals surface area contributed by atoms with E-state index in [1.54, 1.807) is 6.26 Å². The van der Waals surface area contributed by atoms with Crippen LogP contribution in [0.15, 0.2) is 47.1 Å². The van der Waals surface area contributed by atoms with Crippen molar-refractivity contribution >= 4 is 17.7 Å². The zero-order chi connectivity index (χ0) is 15.9. The van der Waals surface area contributed by atoms with E-state index in [2.05, 4.69) is 5.32 Å². The maximum atomic E-state index is 12.2. The molecule has 3 rings (SSSR count). The van der Waals surface area contributed by atoms with E-state index < -0.39 is 0 Å². The van der Waals surface area contributed by atoms with Crippen LogP contribution in [0.4, 0.5) is 0 Å². The van der Waals surface area contributed by atoms with Gasteiger partial charge in [-0.05, 0) is 42.4 Å². The van der Waals surface area contributed by atoms with Crippen LogP contribution < -0.4 is 10.1 Å². The number of fused-ring (bicyclic) bond motifs is 1. The number of amides is 1. The molecule has 1 amide bonds. The van der Waals surface area contributed by atoms with Gasteiger partial charge in [0.25, 0.3) is 0 Å². The minimum atomic E-state index is -0.0827. The van der Waals surface area contributed by atoms with Crippen LogP contribution in [-0.4, -0.2) is 24.8 Å². The second-order valence-electron chi connectivity index (χ2n) is 5.60. The number of carbonyl (C=O) groups is 1. The van der Waals surface area contributed by atoms with Gasteiger partial charge in [-0.15, -0.1) is 0 Å². The van der Waals surface area contributed by atoms with E-state index in [9.17, 15) is 4.79 Å². The predicted octanol–water partition coefficient (Wildman–Crippen LogP) is 3.27. The van der Waals surface area contributed by atoms with E-state index in [4.69, 9.17) is 9.15 Å². The van der Waals surface area contributed by atoms with Crippen LogP contribution in [0, 0.1) is 5.92 Å². The zero-order valence-electron chi connectivity index (χ0n) is 13.0. The molecule has 1 aromatic heterocycles. The Hall–Kier alpha value is -1.88. The van der Waals surface area contributed by atoms with Crippen molar-refractivity contribution in [3.05, 3.63) is 54.0 Å². The van der Waals surface area contributed by atoms with Gasteiger partial charge >= 0.3 is 0 Å². The monoisotopic (exact) mass is 331 g/mol. The SMILES string of the molecule is O=C(NCCCSCc1ccco1)C1COc2ccccc2C1. The first kappa shape index (κ1) is 16.0. The van der Waals surface area contributed by atoms with Crippen LogP contribution in [-0.2, 0) is 17.0 Å². The molecule has 0 aliphatic carbocycles. The molecule has 0 fully saturated rings. The van der Waals surface area contributed by atoms with Crippen molar-refractivity contribution in [1.29, 1.82) is 0 Å². The largest absolute Gasteiger partial charge is 0.492 e. The van der Waals surface area contributed by atoms with Gasteiger partial charge in [-0.2, -0.15) is 11.8 Å². The van der Waals surface area contributed by atoms with Crippen molar-refractivity contribution in [2.45, 2.75) is 18.6 Å². The Morgan fingerprint density at radius 2 is 2.17 bits per heavy atom. The van der Waals surface area contributed by atoms with E-state index in [1.165, 1.54) is 0 Å². The summed E-state index contributed by atoms with van der Waals surface area (Å²) in [6.07, 6.45) is 3.41. The second kappa shape index (κ2) is 8.11. The molecule has 0 bridgehead atoms. The van der Waals surface area contributed by atoms with Crippen molar-refractivity contribution in [2.24, 2.45) is 5.92 Å². The van der Waals surface area contributed by atoms with Gasteiger partial charge in [0, 0.05) is 6.54 Å². The lowest BCUT2D eigenvalue weighted by atomic mass is 9.96. The summed E-state index contributed by atoms with van der Waals surface area (Å²) in [5, 5.41) is 3.02. The third kappa shape index (κ3) is 4.55. The number of ether oxygens (including phenoxy) is 1. The third-order valence-corrected chi connectivity index (χ3v) is 4.90. The van der Waals surface area contributed by atoms with Crippen molar-refractivity contribution in [3.63, 3.8) is 0 Å². The zero-order valence-corrected chi connectivity index (χ0v) is 13.8. The first-order valence-electron chi connectivity index (χ1n) is 7.91. The van der Waals surface area contributed by atoms with Gasteiger partial charge in [0.05, 0.1) is 17.9 Å². The number of para-hydroxylation sites is 1. The molecule has 0 spiro atoms. The highest BCUT2D eigenvalue weighted by atomic mass is 32.2. The number of hydrogen-bond acceptors (Lipinski definition) is 4. The molecule has 0 saturated heterocycles. The molecule has 1 unspecified atom stereocenters. The van der Waals surface area contributed by atoms with Crippen LogP contribution in [0.5, 0.6) is 5.75 Å². The maximum Gasteiger partial charge on any atom is 0.226 e. The minimum absolute atomic E-state index is 0.0827. The van der Waals surface area contributed by atoms with Gasteiger partial charge in [-0.3, -0.25) is 4.79 Å². The molecule has 1 N–H and O–H groups in total. The Morgan fingerprint density at radius 1 is 1.26 bits per heavy atom. The van der Waals surface area contributed by atoms with E-state index in [1.807, 2.05) is 48.2 Å². The number of rotatable bonds is 7. The van der Waals surface area contributed by atoms with Gasteiger partial charge < -0.3 is 14.5 Å². The van der Waals surface area contributed by atoms with E-state index in [0.717, 1.165) is 41.4 Å². The van der Waals surface area contributed by atoms with Crippen molar-refractivity contribution in [3.8, 4) is 5.75 Å². The molecule has 1 aliphatic rings. The smallest absolute Gasteiger partial charge is 0.226 e. The van der Waals surface area contributed by atoms with E-state index in [-0.39, 0.29) is 11.8 Å². The summed E-state index contributed by atoms with van der Waals surface area (Å²) in [5.74, 6) is 3.80. The van der Waals surface area contributed by atoms with Gasteiger partial charge in [0.15, 0.2) is 0 Å². The molecule has 1 aliphatic heterocycles. The van der Waals surface area contributed by atoms with E-state index in [0.29, 0.717) is 13.2 Å². The lowest BCUT2D eigenvalue weighted by Gasteiger charge is -2.24. The second-order valence-corrected chi connectivity index (χ2v) is 6.70. The van der Waals surface area contributed by atoms with Gasteiger partial charge in [0.2, 0.25) is 5.91 Å². The molecule has 1 aromatic carbocycles. The molecule has 5 heteroatoms. The fourth-order valence-corrected chi connectivity index (χ4v) is 3.45. The number of nitrogens with one attached hydrogen (secondary N) is 1. The van der Waals surface area contributed by atoms with Crippen molar-refractivity contribution in [2.75, 3.05) is 18.9 Å². The number of hydrogen-bond donors (Lipinski definition) is 1. The Labute approximate surface area is 140 Å². The Morgan fingerprint density at radius 3 is 3.04 bits per heavy atom. The molecule has 0 saturated carbocycles. The maximum absolute atomic E-state index is 12.2. The highest BCUT2D eigenvalue weighted by Crippen LogP contribution is 2.26. The highest BCUT2D eigenvalue weighted by Gasteiger charge is 2.25.